The lowest BCUT2D eigenvalue weighted by molar-refractivity contribution is -0.512. The Morgan fingerprint density at radius 3 is 2.52 bits per heavy atom. The molecule has 11 heteroatoms. The summed E-state index contributed by atoms with van der Waals surface area (Å²) in [4.78, 5) is 20.7. The molecule has 0 spiro atoms. The Bertz CT molecular complexity index is 811. The number of nitrogens with one attached hydrogen (secondary N) is 2. The highest BCUT2D eigenvalue weighted by Gasteiger charge is 2.42. The molecule has 4 N–H and O–H groups in total. The molecule has 3 rings (SSSR count). The van der Waals surface area contributed by atoms with Crippen LogP contribution < -0.4 is 15.8 Å². The minimum Gasteiger partial charge on any atom is -0.501 e. The Labute approximate surface area is 153 Å². The average Bonchev–Trinajstić information content (AvgIpc) is 2.91. The number of para-hydroxylation sites is 1. The van der Waals surface area contributed by atoms with Gasteiger partial charge < -0.3 is 15.5 Å². The van der Waals surface area contributed by atoms with E-state index in [4.69, 9.17) is 0 Å². The van der Waals surface area contributed by atoms with Crippen molar-refractivity contribution in [3.8, 4) is 0 Å². The molecule has 1 saturated heterocycles. The predicted molar refractivity (Wildman–Crippen MR) is 94.6 cm³/mol. The number of benzene rings is 1. The Morgan fingerprint density at radius 2 is 1.93 bits per heavy atom. The number of hydrazine groups is 1. The minimum atomic E-state index is -1.34. The van der Waals surface area contributed by atoms with Crippen LogP contribution in [-0.2, 0) is 0 Å². The molecule has 1 aromatic carbocycles. The molecule has 0 saturated carbocycles. The van der Waals surface area contributed by atoms with Crippen LogP contribution in [0.2, 0.25) is 0 Å². The van der Waals surface area contributed by atoms with Crippen molar-refractivity contribution < 1.29 is 20.1 Å². The van der Waals surface area contributed by atoms with Crippen LogP contribution in [0.4, 0.5) is 5.69 Å². The third-order valence-corrected chi connectivity index (χ3v) is 4.60. The maximum Gasteiger partial charge on any atom is 0.315 e. The normalized spacial score (nSPS) is 28.1. The highest BCUT2D eigenvalue weighted by molar-refractivity contribution is 5.47. The monoisotopic (exact) mass is 377 g/mol. The molecule has 1 heterocycles. The van der Waals surface area contributed by atoms with E-state index in [1.54, 1.807) is 31.2 Å². The Balaban J connectivity index is 1.85. The van der Waals surface area contributed by atoms with E-state index < -0.39 is 39.6 Å². The SMILES string of the molecule is CC1NN(c2ccccc2)C(O)C1NC1=C(O)C([N+](=O)[O-])=CC([N+](=O)[O-])C1. The lowest BCUT2D eigenvalue weighted by Gasteiger charge is -2.26. The van der Waals surface area contributed by atoms with E-state index >= 15 is 0 Å². The quantitative estimate of drug-likeness (QED) is 0.428. The van der Waals surface area contributed by atoms with Gasteiger partial charge in [-0.05, 0) is 19.1 Å². The average molecular weight is 377 g/mol. The van der Waals surface area contributed by atoms with E-state index in [0.29, 0.717) is 5.69 Å². The number of anilines is 1. The maximum absolute atomic E-state index is 11.1. The first kappa shape index (κ1) is 18.6. The Hall–Kier alpha value is -3.18. The van der Waals surface area contributed by atoms with Crippen LogP contribution in [0.5, 0.6) is 0 Å². The summed E-state index contributed by atoms with van der Waals surface area (Å²) in [5.74, 6) is -0.657. The molecule has 1 aliphatic carbocycles. The first-order valence-electron chi connectivity index (χ1n) is 8.27. The fraction of sp³-hybridized carbons (Fsp3) is 0.375. The summed E-state index contributed by atoms with van der Waals surface area (Å²) in [7, 11) is 0. The summed E-state index contributed by atoms with van der Waals surface area (Å²) in [6, 6.07) is 6.70. The van der Waals surface area contributed by atoms with Crippen LogP contribution in [0.3, 0.4) is 0 Å². The molecular formula is C16H19N5O6. The standard InChI is InChI=1S/C16H19N5O6/c1-9-14(16(23)19(18-9)10-5-3-2-4-6-10)17-12-7-11(20(24)25)8-13(15(12)22)21(26)27/h2-6,8-9,11,14,16-18,22-23H,7H2,1H3. The number of nitrogens with zero attached hydrogens (tertiary/aromatic N) is 3. The van der Waals surface area contributed by atoms with Gasteiger partial charge in [0.1, 0.15) is 0 Å². The molecule has 0 aromatic heterocycles. The molecule has 144 valence electrons. The summed E-state index contributed by atoms with van der Waals surface area (Å²) in [6.45, 7) is 1.78. The van der Waals surface area contributed by atoms with E-state index in [2.05, 4.69) is 10.7 Å². The highest BCUT2D eigenvalue weighted by Crippen LogP contribution is 2.27. The molecule has 0 bridgehead atoms. The number of aliphatic hydroxyl groups is 2. The molecule has 1 aliphatic heterocycles. The lowest BCUT2D eigenvalue weighted by Crippen LogP contribution is -2.46. The number of hydrogen-bond donors (Lipinski definition) is 4. The van der Waals surface area contributed by atoms with E-state index in [9.17, 15) is 30.4 Å². The third-order valence-electron chi connectivity index (χ3n) is 4.60. The molecule has 2 aliphatic rings. The van der Waals surface area contributed by atoms with E-state index in [1.165, 1.54) is 5.01 Å². The fourth-order valence-corrected chi connectivity index (χ4v) is 3.20. The summed E-state index contributed by atoms with van der Waals surface area (Å²) >= 11 is 0. The van der Waals surface area contributed by atoms with E-state index in [1.807, 2.05) is 6.07 Å². The first-order chi connectivity index (χ1) is 12.8. The summed E-state index contributed by atoms with van der Waals surface area (Å²) < 4.78 is 0. The largest absolute Gasteiger partial charge is 0.501 e. The summed E-state index contributed by atoms with van der Waals surface area (Å²) in [5, 5.41) is 47.4. The molecule has 1 aromatic rings. The highest BCUT2D eigenvalue weighted by atomic mass is 16.6. The van der Waals surface area contributed by atoms with Gasteiger partial charge in [-0.1, -0.05) is 18.2 Å². The second-order valence-electron chi connectivity index (χ2n) is 6.40. The van der Waals surface area contributed by atoms with Crippen molar-refractivity contribution in [3.63, 3.8) is 0 Å². The van der Waals surface area contributed by atoms with Crippen molar-refractivity contribution >= 4 is 5.69 Å². The van der Waals surface area contributed by atoms with Crippen molar-refractivity contribution in [1.82, 2.24) is 10.7 Å². The first-order valence-corrected chi connectivity index (χ1v) is 8.27. The van der Waals surface area contributed by atoms with Gasteiger partial charge in [0.05, 0.1) is 34.8 Å². The van der Waals surface area contributed by atoms with Crippen molar-refractivity contribution in [1.29, 1.82) is 0 Å². The van der Waals surface area contributed by atoms with Gasteiger partial charge in [-0.2, -0.15) is 0 Å². The van der Waals surface area contributed by atoms with Gasteiger partial charge in [0.2, 0.25) is 11.8 Å². The molecular weight excluding hydrogens is 358 g/mol. The van der Waals surface area contributed by atoms with Gasteiger partial charge in [-0.3, -0.25) is 25.2 Å². The Morgan fingerprint density at radius 1 is 1.26 bits per heavy atom. The number of rotatable bonds is 5. The fourth-order valence-electron chi connectivity index (χ4n) is 3.20. The van der Waals surface area contributed by atoms with Crippen molar-refractivity contribution in [2.75, 3.05) is 5.01 Å². The van der Waals surface area contributed by atoms with Crippen LogP contribution in [0.25, 0.3) is 0 Å². The van der Waals surface area contributed by atoms with E-state index in [-0.39, 0.29) is 18.2 Å². The lowest BCUT2D eigenvalue weighted by atomic mass is 10.0. The van der Waals surface area contributed by atoms with E-state index in [0.717, 1.165) is 6.08 Å². The zero-order valence-corrected chi connectivity index (χ0v) is 14.3. The second-order valence-corrected chi connectivity index (χ2v) is 6.40. The molecule has 1 fully saturated rings. The van der Waals surface area contributed by atoms with Crippen LogP contribution in [0.1, 0.15) is 13.3 Å². The number of nitro groups is 2. The van der Waals surface area contributed by atoms with Gasteiger partial charge in [-0.15, -0.1) is 0 Å². The molecule has 0 amide bonds. The minimum absolute atomic E-state index is 0.0430. The van der Waals surface area contributed by atoms with Crippen molar-refractivity contribution in [2.45, 2.75) is 37.7 Å². The third kappa shape index (κ3) is 3.55. The van der Waals surface area contributed by atoms with Gasteiger partial charge in [0.25, 0.3) is 0 Å². The van der Waals surface area contributed by atoms with Crippen LogP contribution in [0.15, 0.2) is 53.6 Å². The second kappa shape index (κ2) is 7.21. The number of aliphatic hydroxyl groups excluding tert-OH is 2. The zero-order valence-electron chi connectivity index (χ0n) is 14.3. The molecule has 0 radical (unpaired) electrons. The van der Waals surface area contributed by atoms with Crippen molar-refractivity contribution in [2.24, 2.45) is 0 Å². The van der Waals surface area contributed by atoms with Gasteiger partial charge in [0, 0.05) is 11.0 Å². The van der Waals surface area contributed by atoms with Crippen molar-refractivity contribution in [3.05, 3.63) is 73.8 Å². The van der Waals surface area contributed by atoms with Gasteiger partial charge in [-0.25, -0.2) is 5.43 Å². The van der Waals surface area contributed by atoms with Gasteiger partial charge >= 0.3 is 5.70 Å². The van der Waals surface area contributed by atoms with Crippen LogP contribution >= 0.6 is 0 Å². The topological polar surface area (TPSA) is 154 Å². The molecule has 4 atom stereocenters. The van der Waals surface area contributed by atoms with Crippen LogP contribution in [-0.4, -0.2) is 44.4 Å². The zero-order chi connectivity index (χ0) is 19.7. The smallest absolute Gasteiger partial charge is 0.315 e. The van der Waals surface area contributed by atoms with Crippen LogP contribution in [0, 0.1) is 20.2 Å². The van der Waals surface area contributed by atoms with Gasteiger partial charge in [0.15, 0.2) is 6.23 Å². The Kier molecular flexibility index (Phi) is 4.97. The summed E-state index contributed by atoms with van der Waals surface area (Å²) in [5.41, 5.74) is 3.02. The maximum atomic E-state index is 11.1. The molecule has 4 unspecified atom stereocenters. The summed E-state index contributed by atoms with van der Waals surface area (Å²) in [6.07, 6.45) is -0.484. The predicted octanol–water partition coefficient (Wildman–Crippen LogP) is 0.656. The number of hydrogen-bond acceptors (Lipinski definition) is 9. The molecule has 27 heavy (non-hydrogen) atoms. The molecule has 11 nitrogen and oxygen atoms in total.